The van der Waals surface area contributed by atoms with Crippen LogP contribution in [0.2, 0.25) is 0 Å². The lowest BCUT2D eigenvalue weighted by molar-refractivity contribution is 0.0970. The van der Waals surface area contributed by atoms with Crippen molar-refractivity contribution >= 4 is 5.78 Å². The van der Waals surface area contributed by atoms with E-state index >= 15 is 0 Å². The van der Waals surface area contributed by atoms with Crippen LogP contribution in [0.1, 0.15) is 35.2 Å². The fraction of sp³-hybridized carbons (Fsp3) is 0.286. The Balaban J connectivity index is 2.38. The molecule has 0 amide bonds. The first-order chi connectivity index (χ1) is 12.6. The molecular weight excluding hydrogens is 328 g/mol. The standard InChI is InChI=1S/C21H20N2O3/c1-3-26-20-10-9-16(11-21(20)25-2)18(17(13-22)14-23)12-19(24)15-7-5-4-6-8-15/h4-11,17-18H,3,12H2,1-2H3/t18-/m1/s1. The third kappa shape index (κ3) is 4.40. The van der Waals surface area contributed by atoms with Crippen LogP contribution in [0.25, 0.3) is 0 Å². The number of rotatable bonds is 8. The Morgan fingerprint density at radius 2 is 1.77 bits per heavy atom. The lowest BCUT2D eigenvalue weighted by Crippen LogP contribution is -2.15. The van der Waals surface area contributed by atoms with Gasteiger partial charge in [-0.2, -0.15) is 10.5 Å². The Labute approximate surface area is 153 Å². The van der Waals surface area contributed by atoms with Gasteiger partial charge in [0.05, 0.1) is 25.9 Å². The Hall–Kier alpha value is -3.31. The lowest BCUT2D eigenvalue weighted by atomic mass is 9.82. The van der Waals surface area contributed by atoms with E-state index in [-0.39, 0.29) is 12.2 Å². The van der Waals surface area contributed by atoms with Crippen LogP contribution in [-0.2, 0) is 0 Å². The number of hydrogen-bond acceptors (Lipinski definition) is 5. The number of carbonyl (C=O) groups is 1. The summed E-state index contributed by atoms with van der Waals surface area (Å²) in [5.41, 5.74) is 1.26. The van der Waals surface area contributed by atoms with Gasteiger partial charge in [-0.1, -0.05) is 36.4 Å². The fourth-order valence-corrected chi connectivity index (χ4v) is 2.77. The molecule has 0 heterocycles. The average molecular weight is 348 g/mol. The van der Waals surface area contributed by atoms with E-state index in [4.69, 9.17) is 9.47 Å². The van der Waals surface area contributed by atoms with E-state index in [1.165, 1.54) is 7.11 Å². The number of nitrogens with zero attached hydrogens (tertiary/aromatic N) is 2. The Morgan fingerprint density at radius 1 is 1.08 bits per heavy atom. The average Bonchev–Trinajstić information content (AvgIpc) is 2.69. The first-order valence-electron chi connectivity index (χ1n) is 8.32. The summed E-state index contributed by atoms with van der Waals surface area (Å²) in [7, 11) is 1.53. The predicted molar refractivity (Wildman–Crippen MR) is 97.0 cm³/mol. The Bertz CT molecular complexity index is 821. The highest BCUT2D eigenvalue weighted by Crippen LogP contribution is 2.35. The van der Waals surface area contributed by atoms with Crippen LogP contribution in [0, 0.1) is 28.6 Å². The number of benzene rings is 2. The molecule has 0 saturated carbocycles. The van der Waals surface area contributed by atoms with Gasteiger partial charge in [0.1, 0.15) is 5.92 Å². The summed E-state index contributed by atoms with van der Waals surface area (Å²) in [6, 6.07) is 18.1. The van der Waals surface area contributed by atoms with Crippen molar-refractivity contribution in [2.24, 2.45) is 5.92 Å². The van der Waals surface area contributed by atoms with Gasteiger partial charge in [-0.15, -0.1) is 0 Å². The van der Waals surface area contributed by atoms with Gasteiger partial charge in [0.2, 0.25) is 0 Å². The minimum absolute atomic E-state index is 0.0624. The van der Waals surface area contributed by atoms with Gasteiger partial charge in [-0.25, -0.2) is 0 Å². The van der Waals surface area contributed by atoms with Crippen molar-refractivity contribution in [2.75, 3.05) is 13.7 Å². The number of hydrogen-bond donors (Lipinski definition) is 0. The molecule has 0 unspecified atom stereocenters. The number of ketones is 1. The minimum atomic E-state index is -0.940. The summed E-state index contributed by atoms with van der Waals surface area (Å²) in [6.07, 6.45) is 0.0624. The Kier molecular flexibility index (Phi) is 6.76. The highest BCUT2D eigenvalue weighted by atomic mass is 16.5. The van der Waals surface area contributed by atoms with E-state index in [0.29, 0.717) is 29.2 Å². The van der Waals surface area contributed by atoms with Crippen molar-refractivity contribution in [1.29, 1.82) is 10.5 Å². The van der Waals surface area contributed by atoms with Crippen molar-refractivity contribution in [3.05, 3.63) is 59.7 Å². The molecule has 0 radical (unpaired) electrons. The number of methoxy groups -OCH3 is 1. The summed E-state index contributed by atoms with van der Waals surface area (Å²) >= 11 is 0. The van der Waals surface area contributed by atoms with Crippen molar-refractivity contribution in [3.63, 3.8) is 0 Å². The van der Waals surface area contributed by atoms with Gasteiger partial charge in [0, 0.05) is 17.9 Å². The molecule has 0 spiro atoms. The molecule has 5 nitrogen and oxygen atoms in total. The van der Waals surface area contributed by atoms with Crippen molar-refractivity contribution in [1.82, 2.24) is 0 Å². The molecule has 0 N–H and O–H groups in total. The van der Waals surface area contributed by atoms with Gasteiger partial charge in [0.25, 0.3) is 0 Å². The first kappa shape index (κ1) is 19.0. The molecule has 0 aromatic heterocycles. The van der Waals surface area contributed by atoms with Gasteiger partial charge in [-0.05, 0) is 24.6 Å². The third-order valence-corrected chi connectivity index (χ3v) is 4.10. The molecule has 0 fully saturated rings. The molecule has 2 aromatic rings. The SMILES string of the molecule is CCOc1ccc([C@@H](CC(=O)c2ccccc2)C(C#N)C#N)cc1OC. The molecule has 0 aliphatic rings. The highest BCUT2D eigenvalue weighted by Gasteiger charge is 2.27. The molecule has 26 heavy (non-hydrogen) atoms. The van der Waals surface area contributed by atoms with Gasteiger partial charge >= 0.3 is 0 Å². The molecule has 132 valence electrons. The van der Waals surface area contributed by atoms with E-state index in [2.05, 4.69) is 0 Å². The summed E-state index contributed by atoms with van der Waals surface area (Å²) in [6.45, 7) is 2.36. The zero-order chi connectivity index (χ0) is 18.9. The van der Waals surface area contributed by atoms with E-state index < -0.39 is 11.8 Å². The van der Waals surface area contributed by atoms with Crippen LogP contribution < -0.4 is 9.47 Å². The number of Topliss-reactive ketones (excluding diaryl/α,β-unsaturated/α-hetero) is 1. The van der Waals surface area contributed by atoms with E-state index in [0.717, 1.165) is 0 Å². The predicted octanol–water partition coefficient (Wildman–Crippen LogP) is 4.11. The van der Waals surface area contributed by atoms with Gasteiger partial charge < -0.3 is 9.47 Å². The lowest BCUT2D eigenvalue weighted by Gasteiger charge is -2.19. The Morgan fingerprint density at radius 3 is 2.35 bits per heavy atom. The summed E-state index contributed by atoms with van der Waals surface area (Å²) in [5, 5.41) is 18.7. The molecule has 0 saturated heterocycles. The van der Waals surface area contributed by atoms with Gasteiger partial charge in [0.15, 0.2) is 17.3 Å². The van der Waals surface area contributed by atoms with Crippen LogP contribution in [0.15, 0.2) is 48.5 Å². The monoisotopic (exact) mass is 348 g/mol. The van der Waals surface area contributed by atoms with Crippen molar-refractivity contribution in [3.8, 4) is 23.6 Å². The topological polar surface area (TPSA) is 83.1 Å². The number of ether oxygens (including phenoxy) is 2. The molecule has 0 aliphatic carbocycles. The van der Waals surface area contributed by atoms with E-state index in [1.807, 2.05) is 25.1 Å². The molecule has 0 aliphatic heterocycles. The second-order valence-corrected chi connectivity index (χ2v) is 5.68. The number of nitriles is 2. The van der Waals surface area contributed by atoms with Crippen LogP contribution in [0.3, 0.4) is 0 Å². The third-order valence-electron chi connectivity index (χ3n) is 4.10. The quantitative estimate of drug-likeness (QED) is 0.670. The van der Waals surface area contributed by atoms with Crippen LogP contribution in [-0.4, -0.2) is 19.5 Å². The zero-order valence-electron chi connectivity index (χ0n) is 14.8. The van der Waals surface area contributed by atoms with E-state index in [1.54, 1.807) is 42.5 Å². The largest absolute Gasteiger partial charge is 0.493 e. The summed E-state index contributed by atoms with van der Waals surface area (Å²) in [5.74, 6) is -0.514. The van der Waals surface area contributed by atoms with E-state index in [9.17, 15) is 15.3 Å². The van der Waals surface area contributed by atoms with Crippen molar-refractivity contribution < 1.29 is 14.3 Å². The zero-order valence-corrected chi connectivity index (χ0v) is 14.8. The summed E-state index contributed by atoms with van der Waals surface area (Å²) < 4.78 is 10.9. The molecule has 2 rings (SSSR count). The molecule has 5 heteroatoms. The maximum absolute atomic E-state index is 12.6. The van der Waals surface area contributed by atoms with Gasteiger partial charge in [-0.3, -0.25) is 4.79 Å². The first-order valence-corrected chi connectivity index (χ1v) is 8.32. The maximum atomic E-state index is 12.6. The number of carbonyl (C=O) groups excluding carboxylic acids is 1. The summed E-state index contributed by atoms with van der Waals surface area (Å²) in [4.78, 5) is 12.6. The molecular formula is C21H20N2O3. The maximum Gasteiger partial charge on any atom is 0.163 e. The van der Waals surface area contributed by atoms with Crippen LogP contribution >= 0.6 is 0 Å². The van der Waals surface area contributed by atoms with Crippen molar-refractivity contribution in [2.45, 2.75) is 19.3 Å². The minimum Gasteiger partial charge on any atom is -0.493 e. The normalized spacial score (nSPS) is 11.3. The highest BCUT2D eigenvalue weighted by molar-refractivity contribution is 5.96. The van der Waals surface area contributed by atoms with Crippen LogP contribution in [0.4, 0.5) is 0 Å². The second-order valence-electron chi connectivity index (χ2n) is 5.68. The fourth-order valence-electron chi connectivity index (χ4n) is 2.77. The molecule has 0 bridgehead atoms. The van der Waals surface area contributed by atoms with Crippen LogP contribution in [0.5, 0.6) is 11.5 Å². The molecule has 1 atom stereocenters. The second kappa shape index (κ2) is 9.25. The smallest absolute Gasteiger partial charge is 0.163 e. The molecule has 2 aromatic carbocycles.